The third-order valence-electron chi connectivity index (χ3n) is 5.00. The molecule has 2 aliphatic heterocycles. The lowest BCUT2D eigenvalue weighted by Gasteiger charge is -2.34. The Morgan fingerprint density at radius 2 is 2.00 bits per heavy atom. The normalized spacial score (nSPS) is 22.1. The molecule has 2 N–H and O–H groups in total. The number of ether oxygens (including phenoxy) is 1. The number of carbonyl (C=O) groups is 1. The second-order valence-corrected chi connectivity index (χ2v) is 6.59. The number of amides is 1. The lowest BCUT2D eigenvalue weighted by molar-refractivity contribution is -0.127. The van der Waals surface area contributed by atoms with E-state index in [0.717, 1.165) is 45.9 Å². The molecule has 2 aliphatic rings. The first-order valence-corrected chi connectivity index (χ1v) is 8.60. The highest BCUT2D eigenvalue weighted by Gasteiger charge is 2.30. The van der Waals surface area contributed by atoms with E-state index >= 15 is 0 Å². The third-order valence-corrected chi connectivity index (χ3v) is 5.00. The van der Waals surface area contributed by atoms with Crippen LogP contribution in [0.1, 0.15) is 18.5 Å². The molecule has 0 aliphatic carbocycles. The summed E-state index contributed by atoms with van der Waals surface area (Å²) in [6, 6.07) is 10.3. The summed E-state index contributed by atoms with van der Waals surface area (Å²) in [5.74, 6) is 0.695. The molecule has 0 spiro atoms. The van der Waals surface area contributed by atoms with Crippen molar-refractivity contribution in [3.8, 4) is 0 Å². The number of morpholine rings is 1. The smallest absolute Gasteiger partial charge is 0.223 e. The van der Waals surface area contributed by atoms with Gasteiger partial charge in [0.25, 0.3) is 0 Å². The third kappa shape index (κ3) is 4.31. The van der Waals surface area contributed by atoms with Crippen LogP contribution < -0.4 is 10.6 Å². The fourth-order valence-corrected chi connectivity index (χ4v) is 3.14. The molecule has 0 bridgehead atoms. The second kappa shape index (κ2) is 7.90. The van der Waals surface area contributed by atoms with Crippen molar-refractivity contribution in [2.75, 3.05) is 45.9 Å². The van der Waals surface area contributed by atoms with Crippen molar-refractivity contribution in [3.63, 3.8) is 0 Å². The molecule has 2 unspecified atom stereocenters. The summed E-state index contributed by atoms with van der Waals surface area (Å²) in [5, 5.41) is 6.53. The van der Waals surface area contributed by atoms with Crippen molar-refractivity contribution >= 4 is 5.91 Å². The van der Waals surface area contributed by atoms with E-state index in [1.165, 1.54) is 5.56 Å². The zero-order valence-electron chi connectivity index (χ0n) is 13.8. The van der Waals surface area contributed by atoms with Crippen LogP contribution in [-0.4, -0.2) is 56.7 Å². The van der Waals surface area contributed by atoms with E-state index in [0.29, 0.717) is 5.92 Å². The van der Waals surface area contributed by atoms with Crippen LogP contribution in [0.3, 0.4) is 0 Å². The minimum absolute atomic E-state index is 0.0392. The van der Waals surface area contributed by atoms with Crippen LogP contribution in [0.15, 0.2) is 30.3 Å². The molecule has 2 heterocycles. The molecule has 2 fully saturated rings. The summed E-state index contributed by atoms with van der Waals surface area (Å²) < 4.78 is 5.42. The Morgan fingerprint density at radius 1 is 1.30 bits per heavy atom. The maximum atomic E-state index is 12.6. The highest BCUT2D eigenvalue weighted by atomic mass is 16.5. The van der Waals surface area contributed by atoms with Gasteiger partial charge in [0.05, 0.1) is 19.3 Å². The number of nitrogens with zero attached hydrogens (tertiary/aromatic N) is 1. The number of hydrogen-bond acceptors (Lipinski definition) is 4. The predicted octanol–water partition coefficient (Wildman–Crippen LogP) is 1.03. The molecule has 3 rings (SSSR count). The molecule has 126 valence electrons. The predicted molar refractivity (Wildman–Crippen MR) is 90.1 cm³/mol. The molecule has 1 amide bonds. The SMILES string of the molecule is CC(C(=O)NC(CN1CCOCC1)c1ccccc1)C1CNC1. The molecule has 0 radical (unpaired) electrons. The van der Waals surface area contributed by atoms with E-state index in [1.807, 2.05) is 25.1 Å². The largest absolute Gasteiger partial charge is 0.379 e. The first kappa shape index (κ1) is 16.4. The summed E-state index contributed by atoms with van der Waals surface area (Å²) >= 11 is 0. The lowest BCUT2D eigenvalue weighted by atomic mass is 9.88. The summed E-state index contributed by atoms with van der Waals surface area (Å²) in [4.78, 5) is 15.0. The number of nitrogens with one attached hydrogen (secondary N) is 2. The van der Waals surface area contributed by atoms with Crippen LogP contribution in [0.25, 0.3) is 0 Å². The molecule has 2 saturated heterocycles. The molecule has 1 aromatic carbocycles. The Hall–Kier alpha value is -1.43. The van der Waals surface area contributed by atoms with Crippen molar-refractivity contribution < 1.29 is 9.53 Å². The highest BCUT2D eigenvalue weighted by molar-refractivity contribution is 5.79. The van der Waals surface area contributed by atoms with Gasteiger partial charge in [-0.2, -0.15) is 0 Å². The van der Waals surface area contributed by atoms with E-state index in [4.69, 9.17) is 4.74 Å². The van der Waals surface area contributed by atoms with Gasteiger partial charge in [0, 0.05) is 25.6 Å². The van der Waals surface area contributed by atoms with Crippen LogP contribution in [0.2, 0.25) is 0 Å². The average Bonchev–Trinajstić information content (AvgIpc) is 2.54. The zero-order valence-corrected chi connectivity index (χ0v) is 13.8. The number of hydrogen-bond donors (Lipinski definition) is 2. The van der Waals surface area contributed by atoms with Crippen molar-refractivity contribution in [3.05, 3.63) is 35.9 Å². The fourth-order valence-electron chi connectivity index (χ4n) is 3.14. The number of rotatable bonds is 6. The van der Waals surface area contributed by atoms with Gasteiger partial charge in [-0.05, 0) is 24.6 Å². The number of benzene rings is 1. The van der Waals surface area contributed by atoms with Gasteiger partial charge >= 0.3 is 0 Å². The summed E-state index contributed by atoms with van der Waals surface area (Å²) in [6.45, 7) is 8.20. The number of carbonyl (C=O) groups excluding carboxylic acids is 1. The van der Waals surface area contributed by atoms with Crippen molar-refractivity contribution in [2.24, 2.45) is 11.8 Å². The minimum Gasteiger partial charge on any atom is -0.379 e. The van der Waals surface area contributed by atoms with E-state index in [9.17, 15) is 4.79 Å². The van der Waals surface area contributed by atoms with Crippen LogP contribution in [0.5, 0.6) is 0 Å². The molecule has 0 aromatic heterocycles. The van der Waals surface area contributed by atoms with E-state index in [-0.39, 0.29) is 17.9 Å². The van der Waals surface area contributed by atoms with Crippen molar-refractivity contribution in [1.82, 2.24) is 15.5 Å². The van der Waals surface area contributed by atoms with Gasteiger partial charge in [-0.25, -0.2) is 0 Å². The Kier molecular flexibility index (Phi) is 5.65. The molecule has 2 atom stereocenters. The van der Waals surface area contributed by atoms with Gasteiger partial charge in [-0.15, -0.1) is 0 Å². The van der Waals surface area contributed by atoms with Crippen molar-refractivity contribution in [1.29, 1.82) is 0 Å². The van der Waals surface area contributed by atoms with Gasteiger partial charge < -0.3 is 15.4 Å². The van der Waals surface area contributed by atoms with E-state index < -0.39 is 0 Å². The van der Waals surface area contributed by atoms with Gasteiger partial charge in [-0.1, -0.05) is 37.3 Å². The van der Waals surface area contributed by atoms with Gasteiger partial charge in [-0.3, -0.25) is 9.69 Å². The standard InChI is InChI=1S/C18H27N3O2/c1-14(16-11-19-12-16)18(22)20-17(15-5-3-2-4-6-15)13-21-7-9-23-10-8-21/h2-6,14,16-17,19H,7-13H2,1H3,(H,20,22). The average molecular weight is 317 g/mol. The lowest BCUT2D eigenvalue weighted by Crippen LogP contribution is -2.51. The summed E-state index contributed by atoms with van der Waals surface area (Å²) in [6.07, 6.45) is 0. The van der Waals surface area contributed by atoms with E-state index in [1.54, 1.807) is 0 Å². The first-order chi connectivity index (χ1) is 11.2. The monoisotopic (exact) mass is 317 g/mol. The Labute approximate surface area is 138 Å². The topological polar surface area (TPSA) is 53.6 Å². The minimum atomic E-state index is 0.0392. The van der Waals surface area contributed by atoms with Gasteiger partial charge in [0.2, 0.25) is 5.91 Å². The Bertz CT molecular complexity index is 498. The molecule has 5 nitrogen and oxygen atoms in total. The Morgan fingerprint density at radius 3 is 2.61 bits per heavy atom. The molecular weight excluding hydrogens is 290 g/mol. The maximum Gasteiger partial charge on any atom is 0.223 e. The molecule has 0 saturated carbocycles. The quantitative estimate of drug-likeness (QED) is 0.823. The zero-order chi connectivity index (χ0) is 16.1. The van der Waals surface area contributed by atoms with Crippen LogP contribution >= 0.6 is 0 Å². The van der Waals surface area contributed by atoms with Gasteiger partial charge in [0.15, 0.2) is 0 Å². The highest BCUT2D eigenvalue weighted by Crippen LogP contribution is 2.20. The van der Waals surface area contributed by atoms with Crippen molar-refractivity contribution in [2.45, 2.75) is 13.0 Å². The Balaban J connectivity index is 1.65. The first-order valence-electron chi connectivity index (χ1n) is 8.60. The molecular formula is C18H27N3O2. The second-order valence-electron chi connectivity index (χ2n) is 6.59. The molecule has 23 heavy (non-hydrogen) atoms. The molecule has 1 aromatic rings. The van der Waals surface area contributed by atoms with Crippen LogP contribution in [0, 0.1) is 11.8 Å². The van der Waals surface area contributed by atoms with Crippen LogP contribution in [-0.2, 0) is 9.53 Å². The fraction of sp³-hybridized carbons (Fsp3) is 0.611. The van der Waals surface area contributed by atoms with Crippen LogP contribution in [0.4, 0.5) is 0 Å². The summed E-state index contributed by atoms with van der Waals surface area (Å²) in [7, 11) is 0. The summed E-state index contributed by atoms with van der Waals surface area (Å²) in [5.41, 5.74) is 1.17. The molecule has 5 heteroatoms. The van der Waals surface area contributed by atoms with E-state index in [2.05, 4.69) is 27.7 Å². The maximum absolute atomic E-state index is 12.6. The van der Waals surface area contributed by atoms with Gasteiger partial charge in [0.1, 0.15) is 0 Å².